The van der Waals surface area contributed by atoms with Crippen molar-refractivity contribution >= 4 is 100 Å². The SMILES string of the molecule is C/C=c1/sc2cc(N(c3ccccc3)c3ccc4c(c3)C(C)(C)c3ccccc3-4)ccc2/c1=C/C=C/n1c2ccccc2c2c3ccccc3c3ccccc3c21. The van der Waals surface area contributed by atoms with Crippen LogP contribution in [0.4, 0.5) is 17.1 Å². The van der Waals surface area contributed by atoms with E-state index in [1.165, 1.54) is 91.1 Å². The summed E-state index contributed by atoms with van der Waals surface area (Å²) in [7, 11) is 0. The van der Waals surface area contributed by atoms with Crippen LogP contribution in [0.15, 0.2) is 170 Å². The number of thiophene rings is 1. The third-order valence-electron chi connectivity index (χ3n) is 12.2. The van der Waals surface area contributed by atoms with Crippen molar-refractivity contribution in [1.29, 1.82) is 0 Å². The zero-order chi connectivity index (χ0) is 38.3. The molecule has 0 unspecified atom stereocenters. The molecule has 2 heterocycles. The van der Waals surface area contributed by atoms with Crippen LogP contribution in [0.1, 0.15) is 31.9 Å². The number of hydrogen-bond donors (Lipinski definition) is 0. The average Bonchev–Trinajstić information content (AvgIpc) is 3.86. The number of aromatic nitrogens is 1. The number of fused-ring (bicyclic) bond motifs is 12. The van der Waals surface area contributed by atoms with Crippen molar-refractivity contribution < 1.29 is 0 Å². The Kier molecular flexibility index (Phi) is 7.64. The quantitative estimate of drug-likeness (QED) is 0.159. The molecule has 0 saturated carbocycles. The van der Waals surface area contributed by atoms with Crippen molar-refractivity contribution in [2.75, 3.05) is 4.90 Å². The Morgan fingerprint density at radius 3 is 1.98 bits per heavy atom. The van der Waals surface area contributed by atoms with E-state index in [1.54, 1.807) is 0 Å². The van der Waals surface area contributed by atoms with E-state index in [4.69, 9.17) is 0 Å². The van der Waals surface area contributed by atoms with Gasteiger partial charge in [-0.05, 0) is 93.9 Å². The molecule has 0 atom stereocenters. The summed E-state index contributed by atoms with van der Waals surface area (Å²) < 4.78 is 4.93. The molecule has 0 fully saturated rings. The Morgan fingerprint density at radius 1 is 0.544 bits per heavy atom. The smallest absolute Gasteiger partial charge is 0.0619 e. The number of hydrogen-bond acceptors (Lipinski definition) is 2. The minimum absolute atomic E-state index is 0.0772. The van der Waals surface area contributed by atoms with Crippen molar-refractivity contribution in [2.24, 2.45) is 0 Å². The van der Waals surface area contributed by atoms with Gasteiger partial charge in [0.25, 0.3) is 0 Å². The molecule has 10 aromatic rings. The van der Waals surface area contributed by atoms with E-state index in [2.05, 4.69) is 218 Å². The third-order valence-corrected chi connectivity index (χ3v) is 13.4. The van der Waals surface area contributed by atoms with Gasteiger partial charge in [0.2, 0.25) is 0 Å². The normalized spacial score (nSPS) is 14.2. The van der Waals surface area contributed by atoms with E-state index >= 15 is 0 Å². The highest BCUT2D eigenvalue weighted by Gasteiger charge is 2.35. The van der Waals surface area contributed by atoms with E-state index < -0.39 is 0 Å². The van der Waals surface area contributed by atoms with E-state index in [-0.39, 0.29) is 5.41 Å². The molecule has 11 rings (SSSR count). The number of nitrogens with zero attached hydrogens (tertiary/aromatic N) is 2. The zero-order valence-corrected chi connectivity index (χ0v) is 33.0. The minimum Gasteiger partial charge on any atom is -0.315 e. The summed E-state index contributed by atoms with van der Waals surface area (Å²) in [6.45, 7) is 6.86. The predicted molar refractivity (Wildman–Crippen MR) is 248 cm³/mol. The van der Waals surface area contributed by atoms with Crippen molar-refractivity contribution in [3.8, 4) is 11.1 Å². The molecule has 0 saturated heterocycles. The first kappa shape index (κ1) is 33.6. The molecular weight excluding hydrogens is 709 g/mol. The van der Waals surface area contributed by atoms with Gasteiger partial charge >= 0.3 is 0 Å². The lowest BCUT2D eigenvalue weighted by Gasteiger charge is -2.28. The Morgan fingerprint density at radius 2 is 1.18 bits per heavy atom. The molecule has 1 aliphatic rings. The monoisotopic (exact) mass is 748 g/mol. The average molecular weight is 749 g/mol. The molecule has 0 amide bonds. The summed E-state index contributed by atoms with van der Waals surface area (Å²) in [5.74, 6) is 0. The third kappa shape index (κ3) is 5.09. The molecule has 3 heteroatoms. The predicted octanol–water partition coefficient (Wildman–Crippen LogP) is 13.8. The van der Waals surface area contributed by atoms with Gasteiger partial charge in [-0.15, -0.1) is 11.3 Å². The first-order valence-corrected chi connectivity index (χ1v) is 20.6. The van der Waals surface area contributed by atoms with Crippen LogP contribution in [0.3, 0.4) is 0 Å². The topological polar surface area (TPSA) is 8.17 Å². The Labute approximate surface area is 336 Å². The van der Waals surface area contributed by atoms with Crippen molar-refractivity contribution in [2.45, 2.75) is 26.2 Å². The summed E-state index contributed by atoms with van der Waals surface area (Å²) in [5.41, 5.74) is 11.3. The molecule has 0 bridgehead atoms. The van der Waals surface area contributed by atoms with Gasteiger partial charge in [0.05, 0.1) is 11.0 Å². The van der Waals surface area contributed by atoms with Crippen LogP contribution in [0.5, 0.6) is 0 Å². The van der Waals surface area contributed by atoms with Crippen LogP contribution in [0, 0.1) is 0 Å². The van der Waals surface area contributed by atoms with Crippen LogP contribution in [0.25, 0.3) is 82.9 Å². The second-order valence-corrected chi connectivity index (χ2v) is 16.7. The maximum Gasteiger partial charge on any atom is 0.0619 e. The van der Waals surface area contributed by atoms with E-state index in [0.29, 0.717) is 0 Å². The molecule has 0 aliphatic heterocycles. The lowest BCUT2D eigenvalue weighted by atomic mass is 9.82. The maximum absolute atomic E-state index is 2.41. The van der Waals surface area contributed by atoms with Crippen LogP contribution in [-0.2, 0) is 5.41 Å². The van der Waals surface area contributed by atoms with Crippen LogP contribution in [-0.4, -0.2) is 4.57 Å². The number of rotatable bonds is 5. The van der Waals surface area contributed by atoms with Gasteiger partial charge in [0, 0.05) is 64.7 Å². The molecule has 2 aromatic heterocycles. The van der Waals surface area contributed by atoms with Crippen LogP contribution >= 0.6 is 11.3 Å². The second-order valence-electron chi connectivity index (χ2n) is 15.6. The zero-order valence-electron chi connectivity index (χ0n) is 32.2. The van der Waals surface area contributed by atoms with Crippen molar-refractivity contribution in [3.05, 3.63) is 191 Å². The molecule has 0 N–H and O–H groups in total. The van der Waals surface area contributed by atoms with E-state index in [1.807, 2.05) is 11.3 Å². The molecule has 272 valence electrons. The molecular formula is C54H40N2S. The summed E-state index contributed by atoms with van der Waals surface area (Å²) in [6.07, 6.45) is 9.04. The summed E-state index contributed by atoms with van der Waals surface area (Å²) >= 11 is 1.86. The fourth-order valence-electron chi connectivity index (χ4n) is 9.55. The summed E-state index contributed by atoms with van der Waals surface area (Å²) in [6, 6.07) is 60.1. The van der Waals surface area contributed by atoms with E-state index in [9.17, 15) is 0 Å². The number of anilines is 3. The Bertz CT molecular complexity index is 3400. The van der Waals surface area contributed by atoms with E-state index in [0.717, 1.165) is 11.4 Å². The lowest BCUT2D eigenvalue weighted by Crippen LogP contribution is -2.17. The van der Waals surface area contributed by atoms with Gasteiger partial charge in [0.1, 0.15) is 0 Å². The van der Waals surface area contributed by atoms with Crippen molar-refractivity contribution in [1.82, 2.24) is 4.57 Å². The number of benzene rings is 8. The Balaban J connectivity index is 1.05. The lowest BCUT2D eigenvalue weighted by molar-refractivity contribution is 0.660. The standard InChI is InChI=1S/C54H40N2S/c1-4-50-42(25-16-32-55-49-27-15-13-24-46(49)52-44-22-10-8-19-38(44)39-20-9-11-23-45(39)53(52)55)43-31-29-37(34-51(43)57-50)56(35-17-6-5-7-18-35)36-28-30-41-40-21-12-14-26-47(40)54(2,3)48(41)33-36/h4-34H,1-3H3/b32-16+,42-25-,50-4+. The maximum atomic E-state index is 2.41. The first-order chi connectivity index (χ1) is 28.0. The van der Waals surface area contributed by atoms with Gasteiger partial charge in [0.15, 0.2) is 0 Å². The first-order valence-electron chi connectivity index (χ1n) is 19.8. The summed E-state index contributed by atoms with van der Waals surface area (Å²) in [5, 5.41) is 10.2. The highest BCUT2D eigenvalue weighted by atomic mass is 32.1. The second kappa shape index (κ2) is 12.9. The molecule has 57 heavy (non-hydrogen) atoms. The van der Waals surface area contributed by atoms with Gasteiger partial charge in [-0.3, -0.25) is 0 Å². The highest BCUT2D eigenvalue weighted by Crippen LogP contribution is 2.50. The molecule has 0 radical (unpaired) electrons. The van der Waals surface area contributed by atoms with Crippen molar-refractivity contribution in [3.63, 3.8) is 0 Å². The molecule has 8 aromatic carbocycles. The number of allylic oxidation sites excluding steroid dienone is 1. The molecule has 1 aliphatic carbocycles. The van der Waals surface area contributed by atoms with Crippen LogP contribution < -0.4 is 14.7 Å². The fourth-order valence-corrected chi connectivity index (χ4v) is 10.7. The van der Waals surface area contributed by atoms with Gasteiger partial charge < -0.3 is 9.47 Å². The van der Waals surface area contributed by atoms with Gasteiger partial charge in [-0.25, -0.2) is 0 Å². The number of para-hydroxylation sites is 2. The molecule has 0 spiro atoms. The highest BCUT2D eigenvalue weighted by molar-refractivity contribution is 7.17. The minimum atomic E-state index is -0.0772. The Hall–Kier alpha value is -6.68. The fraction of sp³-hybridized carbons (Fsp3) is 0.0741. The summed E-state index contributed by atoms with van der Waals surface area (Å²) in [4.78, 5) is 2.41. The van der Waals surface area contributed by atoms with Gasteiger partial charge in [-0.1, -0.05) is 147 Å². The largest absolute Gasteiger partial charge is 0.315 e. The van der Waals surface area contributed by atoms with Gasteiger partial charge in [-0.2, -0.15) is 0 Å². The molecule has 2 nitrogen and oxygen atoms in total. The van der Waals surface area contributed by atoms with Crippen LogP contribution in [0.2, 0.25) is 0 Å².